The highest BCUT2D eigenvalue weighted by atomic mass is 16.6. The van der Waals surface area contributed by atoms with E-state index in [-0.39, 0.29) is 16.9 Å². The number of rotatable bonds is 7. The van der Waals surface area contributed by atoms with E-state index in [4.69, 9.17) is 14.2 Å². The van der Waals surface area contributed by atoms with Crippen LogP contribution in [0, 0.1) is 17.0 Å². The molecular formula is C18H18N2O7. The summed E-state index contributed by atoms with van der Waals surface area (Å²) in [5.74, 6) is -0.681. The molecule has 0 aliphatic heterocycles. The van der Waals surface area contributed by atoms with Crippen molar-refractivity contribution in [2.24, 2.45) is 0 Å². The summed E-state index contributed by atoms with van der Waals surface area (Å²) in [6, 6.07) is 8.87. The molecule has 142 valence electrons. The fourth-order valence-corrected chi connectivity index (χ4v) is 2.28. The number of esters is 1. The summed E-state index contributed by atoms with van der Waals surface area (Å²) in [7, 11) is 2.87. The third kappa shape index (κ3) is 4.94. The largest absolute Gasteiger partial charge is 0.497 e. The molecule has 0 atom stereocenters. The first-order chi connectivity index (χ1) is 12.8. The lowest BCUT2D eigenvalue weighted by Gasteiger charge is -2.10. The number of nitro benzene ring substituents is 1. The minimum absolute atomic E-state index is 0.0617. The van der Waals surface area contributed by atoms with Crippen molar-refractivity contribution in [2.75, 3.05) is 26.1 Å². The molecule has 1 amide bonds. The average molecular weight is 374 g/mol. The van der Waals surface area contributed by atoms with Crippen LogP contribution in [0.1, 0.15) is 15.9 Å². The van der Waals surface area contributed by atoms with Crippen molar-refractivity contribution < 1.29 is 28.7 Å². The number of hydrogen-bond acceptors (Lipinski definition) is 7. The minimum Gasteiger partial charge on any atom is -0.497 e. The van der Waals surface area contributed by atoms with Crippen LogP contribution in [0.25, 0.3) is 0 Å². The molecular weight excluding hydrogens is 356 g/mol. The van der Waals surface area contributed by atoms with Crippen LogP contribution < -0.4 is 14.8 Å². The molecule has 9 heteroatoms. The number of nitrogens with zero attached hydrogens (tertiary/aromatic N) is 1. The first kappa shape index (κ1) is 19.7. The molecule has 1 N–H and O–H groups in total. The lowest BCUT2D eigenvalue weighted by Crippen LogP contribution is -2.22. The number of para-hydroxylation sites is 1. The fourth-order valence-electron chi connectivity index (χ4n) is 2.28. The number of carbonyl (C=O) groups is 2. The molecule has 0 aliphatic rings. The van der Waals surface area contributed by atoms with E-state index in [2.05, 4.69) is 5.32 Å². The van der Waals surface area contributed by atoms with Gasteiger partial charge in [0.1, 0.15) is 17.2 Å². The van der Waals surface area contributed by atoms with Crippen LogP contribution in [-0.4, -0.2) is 37.6 Å². The van der Waals surface area contributed by atoms with Crippen molar-refractivity contribution >= 4 is 23.3 Å². The van der Waals surface area contributed by atoms with Crippen molar-refractivity contribution in [3.8, 4) is 11.5 Å². The third-order valence-corrected chi connectivity index (χ3v) is 3.63. The zero-order chi connectivity index (χ0) is 20.0. The fraction of sp³-hybridized carbons (Fsp3) is 0.222. The minimum atomic E-state index is -0.762. The molecule has 0 spiro atoms. The Bertz CT molecular complexity index is 858. The van der Waals surface area contributed by atoms with E-state index in [0.717, 1.165) is 0 Å². The molecule has 0 fully saturated rings. The second-order valence-corrected chi connectivity index (χ2v) is 5.45. The lowest BCUT2D eigenvalue weighted by atomic mass is 10.1. The van der Waals surface area contributed by atoms with Gasteiger partial charge < -0.3 is 19.5 Å². The molecule has 0 saturated carbocycles. The highest BCUT2D eigenvalue weighted by Gasteiger charge is 2.19. The molecule has 9 nitrogen and oxygen atoms in total. The number of ether oxygens (including phenoxy) is 3. The van der Waals surface area contributed by atoms with Crippen LogP contribution in [0.15, 0.2) is 36.4 Å². The average Bonchev–Trinajstić information content (AvgIpc) is 2.66. The predicted molar refractivity (Wildman–Crippen MR) is 96.3 cm³/mol. The first-order valence-electron chi connectivity index (χ1n) is 7.79. The van der Waals surface area contributed by atoms with Gasteiger partial charge in [0.2, 0.25) is 0 Å². The van der Waals surface area contributed by atoms with E-state index in [1.54, 1.807) is 19.1 Å². The van der Waals surface area contributed by atoms with E-state index in [1.165, 1.54) is 38.5 Å². The van der Waals surface area contributed by atoms with E-state index in [0.29, 0.717) is 17.1 Å². The second kappa shape index (κ2) is 8.65. The smallest absolute Gasteiger partial charge is 0.338 e. The summed E-state index contributed by atoms with van der Waals surface area (Å²) in [5.41, 5.74) is 0.473. The Morgan fingerprint density at radius 2 is 1.74 bits per heavy atom. The molecule has 0 bridgehead atoms. The normalized spacial score (nSPS) is 10.0. The number of benzene rings is 2. The zero-order valence-electron chi connectivity index (χ0n) is 15.0. The van der Waals surface area contributed by atoms with E-state index >= 15 is 0 Å². The molecule has 2 aromatic carbocycles. The number of anilines is 1. The third-order valence-electron chi connectivity index (χ3n) is 3.63. The molecule has 0 unspecified atom stereocenters. The molecule has 0 aliphatic carbocycles. The maximum atomic E-state index is 12.2. The van der Waals surface area contributed by atoms with Gasteiger partial charge in [-0.2, -0.15) is 0 Å². The Hall–Kier alpha value is -3.62. The van der Waals surface area contributed by atoms with E-state index in [1.807, 2.05) is 0 Å². The summed E-state index contributed by atoms with van der Waals surface area (Å²) >= 11 is 0. The standard InChI is InChI=1S/C18H18N2O7/c1-11-5-4-6-15(20(23)24)17(11)19-16(21)10-27-18(22)12-7-13(25-2)9-14(8-12)26-3/h4-9H,10H2,1-3H3,(H,19,21). The van der Waals surface area contributed by atoms with Gasteiger partial charge >= 0.3 is 5.97 Å². The number of nitrogens with one attached hydrogen (secondary N) is 1. The molecule has 0 heterocycles. The number of amides is 1. The van der Waals surface area contributed by atoms with Gasteiger partial charge in [0.15, 0.2) is 6.61 Å². The second-order valence-electron chi connectivity index (χ2n) is 5.45. The van der Waals surface area contributed by atoms with Crippen LogP contribution in [0.4, 0.5) is 11.4 Å². The van der Waals surface area contributed by atoms with Gasteiger partial charge in [-0.05, 0) is 24.6 Å². The summed E-state index contributed by atoms with van der Waals surface area (Å²) in [6.45, 7) is 1.01. The maximum absolute atomic E-state index is 12.2. The first-order valence-corrected chi connectivity index (χ1v) is 7.79. The van der Waals surface area contributed by atoms with Gasteiger partial charge in [-0.25, -0.2) is 4.79 Å². The molecule has 0 aromatic heterocycles. The summed E-state index contributed by atoms with van der Waals surface area (Å²) < 4.78 is 15.1. The molecule has 0 radical (unpaired) electrons. The topological polar surface area (TPSA) is 117 Å². The van der Waals surface area contributed by atoms with Gasteiger partial charge in [0.05, 0.1) is 24.7 Å². The van der Waals surface area contributed by atoms with Crippen molar-refractivity contribution in [1.82, 2.24) is 0 Å². The van der Waals surface area contributed by atoms with Gasteiger partial charge in [-0.3, -0.25) is 14.9 Å². The van der Waals surface area contributed by atoms with Crippen molar-refractivity contribution in [1.29, 1.82) is 0 Å². The number of hydrogen-bond donors (Lipinski definition) is 1. The number of carbonyl (C=O) groups excluding carboxylic acids is 2. The van der Waals surface area contributed by atoms with Gasteiger partial charge in [-0.15, -0.1) is 0 Å². The van der Waals surface area contributed by atoms with Crippen LogP contribution in [0.3, 0.4) is 0 Å². The molecule has 2 rings (SSSR count). The van der Waals surface area contributed by atoms with Gasteiger partial charge in [0, 0.05) is 12.1 Å². The van der Waals surface area contributed by atoms with Crippen molar-refractivity contribution in [3.05, 3.63) is 57.6 Å². The van der Waals surface area contributed by atoms with Crippen LogP contribution in [0.2, 0.25) is 0 Å². The summed E-state index contributed by atoms with van der Waals surface area (Å²) in [6.07, 6.45) is 0. The molecule has 2 aromatic rings. The monoisotopic (exact) mass is 374 g/mol. The highest BCUT2D eigenvalue weighted by molar-refractivity contribution is 5.97. The van der Waals surface area contributed by atoms with Gasteiger partial charge in [0.25, 0.3) is 11.6 Å². The Kier molecular flexibility index (Phi) is 6.32. The molecule has 0 saturated heterocycles. The quantitative estimate of drug-likeness (QED) is 0.450. The van der Waals surface area contributed by atoms with Crippen molar-refractivity contribution in [3.63, 3.8) is 0 Å². The van der Waals surface area contributed by atoms with Crippen molar-refractivity contribution in [2.45, 2.75) is 6.92 Å². The number of methoxy groups -OCH3 is 2. The van der Waals surface area contributed by atoms with Gasteiger partial charge in [-0.1, -0.05) is 12.1 Å². The Balaban J connectivity index is 2.06. The SMILES string of the molecule is COc1cc(OC)cc(C(=O)OCC(=O)Nc2c(C)cccc2[N+](=O)[O-])c1. The highest BCUT2D eigenvalue weighted by Crippen LogP contribution is 2.27. The zero-order valence-corrected chi connectivity index (χ0v) is 15.0. The maximum Gasteiger partial charge on any atom is 0.338 e. The number of nitro groups is 1. The Morgan fingerprint density at radius 3 is 2.30 bits per heavy atom. The predicted octanol–water partition coefficient (Wildman–Crippen LogP) is 2.72. The van der Waals surface area contributed by atoms with Crippen LogP contribution in [-0.2, 0) is 9.53 Å². The lowest BCUT2D eigenvalue weighted by molar-refractivity contribution is -0.384. The summed E-state index contributed by atoms with van der Waals surface area (Å²) in [5, 5.41) is 13.5. The Morgan fingerprint density at radius 1 is 1.11 bits per heavy atom. The summed E-state index contributed by atoms with van der Waals surface area (Å²) in [4.78, 5) is 34.7. The van der Waals surface area contributed by atoms with Crippen LogP contribution in [0.5, 0.6) is 11.5 Å². The Labute approximate surface area is 155 Å². The van der Waals surface area contributed by atoms with E-state index < -0.39 is 23.4 Å². The van der Waals surface area contributed by atoms with E-state index in [9.17, 15) is 19.7 Å². The van der Waals surface area contributed by atoms with Crippen LogP contribution >= 0.6 is 0 Å². The number of aryl methyl sites for hydroxylation is 1. The molecule has 27 heavy (non-hydrogen) atoms.